The van der Waals surface area contributed by atoms with Crippen LogP contribution in [0.3, 0.4) is 0 Å². The Balaban J connectivity index is 1.01. The largest absolute Gasteiger partial charge is 0.456 e. The highest BCUT2D eigenvalue weighted by atomic mass is 16.3. The Bertz CT molecular complexity index is 3580. The summed E-state index contributed by atoms with van der Waals surface area (Å²) in [6, 6.07) is 52.9. The zero-order valence-corrected chi connectivity index (χ0v) is 32.1. The summed E-state index contributed by atoms with van der Waals surface area (Å²) in [7, 11) is 0. The summed E-state index contributed by atoms with van der Waals surface area (Å²) in [4.78, 5) is 0. The van der Waals surface area contributed by atoms with Crippen molar-refractivity contribution in [2.75, 3.05) is 0 Å². The summed E-state index contributed by atoms with van der Waals surface area (Å²) < 4.78 is 19.4. The summed E-state index contributed by atoms with van der Waals surface area (Å²) in [6.07, 6.45) is 0. The van der Waals surface area contributed by atoms with Crippen LogP contribution in [0.15, 0.2) is 159 Å². The Hall–Kier alpha value is -6.84. The van der Waals surface area contributed by atoms with E-state index in [1.165, 1.54) is 61.2 Å². The summed E-state index contributed by atoms with van der Waals surface area (Å²) >= 11 is 0. The number of hydrogen-bond donors (Lipinski definition) is 0. The van der Waals surface area contributed by atoms with Crippen molar-refractivity contribution in [1.29, 1.82) is 0 Å². The van der Waals surface area contributed by atoms with Gasteiger partial charge in [-0.15, -0.1) is 0 Å². The van der Waals surface area contributed by atoms with Crippen LogP contribution in [0.5, 0.6) is 0 Å². The van der Waals surface area contributed by atoms with Gasteiger partial charge in [0.05, 0.1) is 0 Å². The molecule has 0 unspecified atom stereocenters. The monoisotopic (exact) mass is 732 g/mol. The Morgan fingerprint density at radius 1 is 0.333 bits per heavy atom. The minimum atomic E-state index is -0.257. The molecule has 0 aliphatic heterocycles. The maximum Gasteiger partial charge on any atom is 0.144 e. The zero-order valence-electron chi connectivity index (χ0n) is 32.1. The number of fused-ring (bicyclic) bond motifs is 16. The van der Waals surface area contributed by atoms with Crippen molar-refractivity contribution in [3.05, 3.63) is 168 Å². The van der Waals surface area contributed by atoms with Crippen molar-refractivity contribution in [2.24, 2.45) is 0 Å². The Labute approximate surface area is 328 Å². The van der Waals surface area contributed by atoms with Crippen molar-refractivity contribution < 1.29 is 13.3 Å². The molecule has 57 heavy (non-hydrogen) atoms. The van der Waals surface area contributed by atoms with Crippen LogP contribution < -0.4 is 0 Å². The third-order valence-electron chi connectivity index (χ3n) is 13.5. The lowest BCUT2D eigenvalue weighted by Crippen LogP contribution is -2.19. The summed E-state index contributed by atoms with van der Waals surface area (Å²) in [5.41, 5.74) is 20.3. The van der Waals surface area contributed by atoms with Crippen LogP contribution in [0.25, 0.3) is 110 Å². The third-order valence-corrected chi connectivity index (χ3v) is 13.5. The van der Waals surface area contributed by atoms with Crippen molar-refractivity contribution in [2.45, 2.75) is 38.5 Å². The molecule has 0 spiro atoms. The highest BCUT2D eigenvalue weighted by molar-refractivity contribution is 6.19. The van der Waals surface area contributed by atoms with Gasteiger partial charge in [0.15, 0.2) is 0 Å². The highest BCUT2D eigenvalue weighted by Gasteiger charge is 2.43. The lowest BCUT2D eigenvalue weighted by atomic mass is 9.77. The van der Waals surface area contributed by atoms with E-state index < -0.39 is 0 Å². The summed E-state index contributed by atoms with van der Waals surface area (Å²) in [6.45, 7) is 9.55. The van der Waals surface area contributed by atoms with Crippen LogP contribution >= 0.6 is 0 Å². The average Bonchev–Trinajstić information content (AvgIpc) is 4.01. The molecule has 3 heteroatoms. The Morgan fingerprint density at radius 3 is 1.54 bits per heavy atom. The smallest absolute Gasteiger partial charge is 0.144 e. The lowest BCUT2D eigenvalue weighted by molar-refractivity contribution is 0.638. The summed E-state index contributed by atoms with van der Waals surface area (Å²) in [5.74, 6) is 0. The van der Waals surface area contributed by atoms with E-state index in [2.05, 4.69) is 149 Å². The molecular formula is C54H36O3. The molecule has 3 heterocycles. The quantitative estimate of drug-likeness (QED) is 0.178. The third kappa shape index (κ3) is 4.01. The van der Waals surface area contributed by atoms with Gasteiger partial charge in [0.25, 0.3) is 0 Å². The molecular weight excluding hydrogens is 697 g/mol. The van der Waals surface area contributed by atoms with Crippen LogP contribution in [-0.2, 0) is 10.8 Å². The molecule has 0 N–H and O–H groups in total. The van der Waals surface area contributed by atoms with Crippen LogP contribution in [0, 0.1) is 0 Å². The molecule has 0 saturated carbocycles. The molecule has 0 radical (unpaired) electrons. The maximum atomic E-state index is 6.97. The number of furan rings is 3. The van der Waals surface area contributed by atoms with E-state index in [0.717, 1.165) is 71.4 Å². The van der Waals surface area contributed by atoms with Crippen LogP contribution in [0.2, 0.25) is 0 Å². The van der Waals surface area contributed by atoms with E-state index >= 15 is 0 Å². The molecule has 2 aliphatic rings. The second-order valence-corrected chi connectivity index (χ2v) is 17.2. The van der Waals surface area contributed by atoms with Gasteiger partial charge in [0, 0.05) is 48.7 Å². The van der Waals surface area contributed by atoms with Crippen LogP contribution in [-0.4, -0.2) is 0 Å². The van der Waals surface area contributed by atoms with Gasteiger partial charge in [0.1, 0.15) is 33.5 Å². The number of benzene rings is 8. The van der Waals surface area contributed by atoms with Gasteiger partial charge < -0.3 is 13.3 Å². The van der Waals surface area contributed by atoms with Gasteiger partial charge >= 0.3 is 0 Å². The minimum absolute atomic E-state index is 0.185. The fourth-order valence-electron chi connectivity index (χ4n) is 10.5. The van der Waals surface area contributed by atoms with E-state index in [1.807, 2.05) is 24.3 Å². The molecule has 13 rings (SSSR count). The lowest BCUT2D eigenvalue weighted by Gasteiger charge is -2.26. The van der Waals surface area contributed by atoms with Gasteiger partial charge in [0.2, 0.25) is 0 Å². The topological polar surface area (TPSA) is 39.4 Å². The molecule has 0 bridgehead atoms. The number of rotatable bonds is 2. The average molecular weight is 733 g/mol. The normalized spacial score (nSPS) is 14.9. The Morgan fingerprint density at radius 2 is 0.842 bits per heavy atom. The molecule has 270 valence electrons. The van der Waals surface area contributed by atoms with Gasteiger partial charge in [-0.2, -0.15) is 0 Å². The van der Waals surface area contributed by atoms with E-state index in [4.69, 9.17) is 13.3 Å². The van der Waals surface area contributed by atoms with Crippen molar-refractivity contribution in [3.8, 4) is 44.5 Å². The minimum Gasteiger partial charge on any atom is -0.456 e. The second-order valence-electron chi connectivity index (χ2n) is 17.2. The first-order valence-electron chi connectivity index (χ1n) is 19.9. The fraction of sp³-hybridized carbons (Fsp3) is 0.111. The Kier molecular flexibility index (Phi) is 5.78. The fourth-order valence-corrected chi connectivity index (χ4v) is 10.5. The number of hydrogen-bond acceptors (Lipinski definition) is 3. The van der Waals surface area contributed by atoms with Crippen molar-refractivity contribution >= 4 is 65.8 Å². The molecule has 11 aromatic rings. The molecule has 0 atom stereocenters. The summed E-state index contributed by atoms with van der Waals surface area (Å²) in [5, 5.41) is 6.86. The van der Waals surface area contributed by atoms with Crippen LogP contribution in [0.4, 0.5) is 0 Å². The van der Waals surface area contributed by atoms with Crippen LogP contribution in [0.1, 0.15) is 49.9 Å². The maximum absolute atomic E-state index is 6.97. The number of para-hydroxylation sites is 3. The van der Waals surface area contributed by atoms with Gasteiger partial charge in [-0.25, -0.2) is 0 Å². The first-order valence-corrected chi connectivity index (χ1v) is 19.9. The van der Waals surface area contributed by atoms with Gasteiger partial charge in [-0.3, -0.25) is 0 Å². The van der Waals surface area contributed by atoms with E-state index in [9.17, 15) is 0 Å². The first kappa shape index (κ1) is 31.4. The predicted molar refractivity (Wildman–Crippen MR) is 234 cm³/mol. The predicted octanol–water partition coefficient (Wildman–Crippen LogP) is 15.3. The zero-order chi connectivity index (χ0) is 37.9. The second kappa shape index (κ2) is 10.5. The molecule has 0 saturated heterocycles. The molecule has 0 fully saturated rings. The molecule has 2 aliphatic carbocycles. The first-order chi connectivity index (χ1) is 27.7. The highest BCUT2D eigenvalue weighted by Crippen LogP contribution is 2.59. The van der Waals surface area contributed by atoms with Gasteiger partial charge in [-0.05, 0) is 122 Å². The van der Waals surface area contributed by atoms with Crippen molar-refractivity contribution in [1.82, 2.24) is 0 Å². The SMILES string of the molecule is CC1(C)c2cc(-c3ccc4oc5ccccc5c4c3)ccc2-c2cc3c(cc21)C(C)(C)c1cc(-c2ccc4oc5ccccc5c4c2)c2c(oc4ccccc42)c1-3. The van der Waals surface area contributed by atoms with E-state index in [1.54, 1.807) is 0 Å². The molecule has 3 aromatic heterocycles. The molecule has 8 aromatic carbocycles. The van der Waals surface area contributed by atoms with E-state index in [0.29, 0.717) is 0 Å². The molecule has 0 amide bonds. The molecule has 3 nitrogen and oxygen atoms in total. The van der Waals surface area contributed by atoms with E-state index in [-0.39, 0.29) is 10.8 Å². The standard InChI is InChI=1S/C54H36O3/c1-53(2)41-25-30(29-18-21-48-38(23-29)33-11-5-8-14-45(33)55-48)17-20-32(41)37-26-40-43(28-42(37)53)54(3,4)44-27-36(50-35-13-7-10-16-47(35)57-52(50)51(40)44)31-19-22-49-39(24-31)34-12-6-9-15-46(34)56-49/h5-28H,1-4H3. The van der Waals surface area contributed by atoms with Crippen molar-refractivity contribution in [3.63, 3.8) is 0 Å². The van der Waals surface area contributed by atoms with Gasteiger partial charge in [-0.1, -0.05) is 113 Å².